The van der Waals surface area contributed by atoms with Gasteiger partial charge in [-0.2, -0.15) is 0 Å². The van der Waals surface area contributed by atoms with Crippen LogP contribution in [0, 0.1) is 0 Å². The van der Waals surface area contributed by atoms with Crippen molar-refractivity contribution in [2.45, 2.75) is 32.2 Å². The standard InChI is InChI=1S/C15H20N2O3.ClH/c1-15(2,14(19)20-3)17-13(18)11-6-4-8-12-10(11)7-5-9-16-12;/h4,6,8,16H,5,7,9H2,1-3H3,(H,17,18);1H. The van der Waals surface area contributed by atoms with Crippen LogP contribution in [0.1, 0.15) is 36.2 Å². The molecule has 21 heavy (non-hydrogen) atoms. The highest BCUT2D eigenvalue weighted by molar-refractivity contribution is 6.00. The van der Waals surface area contributed by atoms with Crippen molar-refractivity contribution in [3.05, 3.63) is 29.3 Å². The van der Waals surface area contributed by atoms with E-state index < -0.39 is 11.5 Å². The van der Waals surface area contributed by atoms with E-state index in [0.29, 0.717) is 5.56 Å². The van der Waals surface area contributed by atoms with Crippen molar-refractivity contribution in [3.63, 3.8) is 0 Å². The van der Waals surface area contributed by atoms with E-state index in [-0.39, 0.29) is 18.3 Å². The molecule has 0 radical (unpaired) electrons. The van der Waals surface area contributed by atoms with Gasteiger partial charge in [-0.05, 0) is 44.4 Å². The van der Waals surface area contributed by atoms with E-state index in [4.69, 9.17) is 4.74 Å². The highest BCUT2D eigenvalue weighted by Crippen LogP contribution is 2.25. The van der Waals surface area contributed by atoms with Crippen molar-refractivity contribution in [3.8, 4) is 0 Å². The number of hydrogen-bond acceptors (Lipinski definition) is 4. The van der Waals surface area contributed by atoms with Crippen molar-refractivity contribution in [2.24, 2.45) is 0 Å². The molecule has 5 nitrogen and oxygen atoms in total. The molecular weight excluding hydrogens is 292 g/mol. The summed E-state index contributed by atoms with van der Waals surface area (Å²) in [6.45, 7) is 4.18. The van der Waals surface area contributed by atoms with Gasteiger partial charge in [-0.25, -0.2) is 4.79 Å². The number of benzene rings is 1. The number of halogens is 1. The molecule has 1 aliphatic heterocycles. The van der Waals surface area contributed by atoms with Crippen LogP contribution in [0.25, 0.3) is 0 Å². The fourth-order valence-corrected chi connectivity index (χ4v) is 2.38. The van der Waals surface area contributed by atoms with Gasteiger partial charge >= 0.3 is 5.97 Å². The van der Waals surface area contributed by atoms with Crippen LogP contribution in [0.5, 0.6) is 0 Å². The quantitative estimate of drug-likeness (QED) is 0.839. The summed E-state index contributed by atoms with van der Waals surface area (Å²) in [6, 6.07) is 5.60. The summed E-state index contributed by atoms with van der Waals surface area (Å²) < 4.78 is 4.70. The zero-order valence-corrected chi connectivity index (χ0v) is 13.3. The molecule has 1 aromatic rings. The molecule has 0 spiro atoms. The van der Waals surface area contributed by atoms with E-state index >= 15 is 0 Å². The molecule has 116 valence electrons. The molecule has 0 bridgehead atoms. The van der Waals surface area contributed by atoms with Gasteiger partial charge < -0.3 is 15.4 Å². The topological polar surface area (TPSA) is 67.4 Å². The molecule has 0 aliphatic carbocycles. The third-order valence-electron chi connectivity index (χ3n) is 3.46. The number of nitrogens with one attached hydrogen (secondary N) is 2. The number of anilines is 1. The number of amides is 1. The molecule has 0 fully saturated rings. The van der Waals surface area contributed by atoms with E-state index in [1.807, 2.05) is 12.1 Å². The SMILES string of the molecule is COC(=O)C(C)(C)NC(=O)c1cccc2c1CCCN2.Cl. The molecule has 1 aromatic carbocycles. The van der Waals surface area contributed by atoms with E-state index in [9.17, 15) is 9.59 Å². The Morgan fingerprint density at radius 1 is 1.33 bits per heavy atom. The lowest BCUT2D eigenvalue weighted by Gasteiger charge is -2.25. The van der Waals surface area contributed by atoms with Crippen LogP contribution >= 0.6 is 12.4 Å². The van der Waals surface area contributed by atoms with Gasteiger partial charge in [0.05, 0.1) is 7.11 Å². The number of ether oxygens (including phenoxy) is 1. The predicted octanol–water partition coefficient (Wildman–Crippen LogP) is 2.15. The minimum absolute atomic E-state index is 0. The van der Waals surface area contributed by atoms with Gasteiger partial charge in [0.2, 0.25) is 0 Å². The molecule has 0 unspecified atom stereocenters. The second-order valence-corrected chi connectivity index (χ2v) is 5.43. The van der Waals surface area contributed by atoms with E-state index in [0.717, 1.165) is 30.6 Å². The summed E-state index contributed by atoms with van der Waals surface area (Å²) in [5, 5.41) is 6.02. The molecule has 0 aromatic heterocycles. The number of hydrogen-bond donors (Lipinski definition) is 2. The number of carbonyl (C=O) groups is 2. The molecule has 2 rings (SSSR count). The number of fused-ring (bicyclic) bond motifs is 1. The Labute approximate surface area is 130 Å². The number of rotatable bonds is 3. The summed E-state index contributed by atoms with van der Waals surface area (Å²) in [5.74, 6) is -0.713. The molecule has 0 saturated heterocycles. The fraction of sp³-hybridized carbons (Fsp3) is 0.467. The fourth-order valence-electron chi connectivity index (χ4n) is 2.38. The predicted molar refractivity (Wildman–Crippen MR) is 84.1 cm³/mol. The Morgan fingerprint density at radius 2 is 2.05 bits per heavy atom. The van der Waals surface area contributed by atoms with Crippen LogP contribution < -0.4 is 10.6 Å². The van der Waals surface area contributed by atoms with Crippen molar-refractivity contribution < 1.29 is 14.3 Å². The first-order valence-corrected chi connectivity index (χ1v) is 6.72. The average molecular weight is 313 g/mol. The molecule has 2 N–H and O–H groups in total. The molecule has 1 amide bonds. The van der Waals surface area contributed by atoms with Crippen molar-refractivity contribution in [1.82, 2.24) is 5.32 Å². The largest absolute Gasteiger partial charge is 0.467 e. The van der Waals surface area contributed by atoms with Crippen LogP contribution in [-0.4, -0.2) is 31.1 Å². The Morgan fingerprint density at radius 3 is 2.71 bits per heavy atom. The third kappa shape index (κ3) is 3.67. The smallest absolute Gasteiger partial charge is 0.330 e. The lowest BCUT2D eigenvalue weighted by Crippen LogP contribution is -2.50. The summed E-state index contributed by atoms with van der Waals surface area (Å²) in [5.41, 5.74) is 1.58. The average Bonchev–Trinajstić information content (AvgIpc) is 2.45. The molecular formula is C15H21ClN2O3. The summed E-state index contributed by atoms with van der Waals surface area (Å²) in [6.07, 6.45) is 1.86. The van der Waals surface area contributed by atoms with E-state index in [1.165, 1.54) is 7.11 Å². The van der Waals surface area contributed by atoms with E-state index in [2.05, 4.69) is 10.6 Å². The van der Waals surface area contributed by atoms with Gasteiger partial charge in [-0.1, -0.05) is 6.07 Å². The van der Waals surface area contributed by atoms with Gasteiger partial charge in [-0.15, -0.1) is 12.4 Å². The Hall–Kier alpha value is -1.75. The maximum atomic E-state index is 12.4. The van der Waals surface area contributed by atoms with Crippen LogP contribution in [0.3, 0.4) is 0 Å². The number of carbonyl (C=O) groups excluding carboxylic acids is 2. The first-order valence-electron chi connectivity index (χ1n) is 6.72. The van der Waals surface area contributed by atoms with Gasteiger partial charge in [0.25, 0.3) is 5.91 Å². The van der Waals surface area contributed by atoms with Crippen LogP contribution in [0.15, 0.2) is 18.2 Å². The minimum atomic E-state index is -1.04. The van der Waals surface area contributed by atoms with Crippen molar-refractivity contribution in [1.29, 1.82) is 0 Å². The lowest BCUT2D eigenvalue weighted by molar-refractivity contribution is -0.146. The van der Waals surface area contributed by atoms with Gasteiger partial charge in [0.1, 0.15) is 5.54 Å². The third-order valence-corrected chi connectivity index (χ3v) is 3.46. The second-order valence-electron chi connectivity index (χ2n) is 5.43. The number of esters is 1. The highest BCUT2D eigenvalue weighted by atomic mass is 35.5. The molecule has 1 aliphatic rings. The van der Waals surface area contributed by atoms with E-state index in [1.54, 1.807) is 19.9 Å². The summed E-state index contributed by atoms with van der Waals surface area (Å²) in [4.78, 5) is 24.0. The van der Waals surface area contributed by atoms with Crippen molar-refractivity contribution in [2.75, 3.05) is 19.0 Å². The minimum Gasteiger partial charge on any atom is -0.467 e. The molecule has 1 heterocycles. The monoisotopic (exact) mass is 312 g/mol. The summed E-state index contributed by atoms with van der Waals surface area (Å²) in [7, 11) is 1.31. The molecule has 6 heteroatoms. The second kappa shape index (κ2) is 6.80. The molecule has 0 saturated carbocycles. The Bertz CT molecular complexity index is 544. The zero-order valence-electron chi connectivity index (χ0n) is 12.5. The van der Waals surface area contributed by atoms with Crippen LogP contribution in [-0.2, 0) is 16.0 Å². The summed E-state index contributed by atoms with van der Waals surface area (Å²) >= 11 is 0. The Kier molecular flexibility index (Phi) is 5.61. The lowest BCUT2D eigenvalue weighted by atomic mass is 9.96. The van der Waals surface area contributed by atoms with Crippen molar-refractivity contribution >= 4 is 30.0 Å². The van der Waals surface area contributed by atoms with Gasteiger partial charge in [0.15, 0.2) is 0 Å². The highest BCUT2D eigenvalue weighted by Gasteiger charge is 2.31. The first kappa shape index (κ1) is 17.3. The number of methoxy groups -OCH3 is 1. The first-order chi connectivity index (χ1) is 9.45. The van der Waals surface area contributed by atoms with Crippen LogP contribution in [0.4, 0.5) is 5.69 Å². The molecule has 0 atom stereocenters. The van der Waals surface area contributed by atoms with Gasteiger partial charge in [0, 0.05) is 17.8 Å². The van der Waals surface area contributed by atoms with Gasteiger partial charge in [-0.3, -0.25) is 4.79 Å². The zero-order chi connectivity index (χ0) is 14.8. The Balaban J connectivity index is 0.00000220. The van der Waals surface area contributed by atoms with Crippen LogP contribution in [0.2, 0.25) is 0 Å². The normalized spacial score (nSPS) is 13.3. The maximum absolute atomic E-state index is 12.4. The maximum Gasteiger partial charge on any atom is 0.330 e.